The summed E-state index contributed by atoms with van der Waals surface area (Å²) in [4.78, 5) is 40.0. The third-order valence-electron chi connectivity index (χ3n) is 6.25. The molecule has 8 heteroatoms. The predicted molar refractivity (Wildman–Crippen MR) is 124 cm³/mol. The molecule has 0 saturated carbocycles. The Hall–Kier alpha value is -3.49. The molecule has 2 aliphatic rings. The largest absolute Gasteiger partial charge is 0.486 e. The van der Waals surface area contributed by atoms with Gasteiger partial charge in [-0.15, -0.1) is 0 Å². The van der Waals surface area contributed by atoms with Crippen molar-refractivity contribution in [2.45, 2.75) is 44.1 Å². The number of ketones is 1. The molecule has 8 nitrogen and oxygen atoms in total. The van der Waals surface area contributed by atoms with Crippen molar-refractivity contribution in [1.29, 1.82) is 0 Å². The third-order valence-corrected chi connectivity index (χ3v) is 6.25. The summed E-state index contributed by atoms with van der Waals surface area (Å²) >= 11 is 0. The van der Waals surface area contributed by atoms with Crippen LogP contribution < -0.4 is 10.1 Å². The van der Waals surface area contributed by atoms with Crippen LogP contribution in [0.1, 0.15) is 30.4 Å². The van der Waals surface area contributed by atoms with Crippen LogP contribution in [-0.2, 0) is 20.9 Å². The Morgan fingerprint density at radius 1 is 1.06 bits per heavy atom. The van der Waals surface area contributed by atoms with Gasteiger partial charge in [0.05, 0.1) is 18.6 Å². The summed E-state index contributed by atoms with van der Waals surface area (Å²) in [5.41, 5.74) is 1.87. The molecule has 0 spiro atoms. The molecule has 0 unspecified atom stereocenters. The van der Waals surface area contributed by atoms with Crippen LogP contribution in [0.2, 0.25) is 0 Å². The van der Waals surface area contributed by atoms with Crippen molar-refractivity contribution in [1.82, 2.24) is 10.2 Å². The number of amides is 2. The second kappa shape index (κ2) is 10.2. The summed E-state index contributed by atoms with van der Waals surface area (Å²) < 4.78 is 6.06. The van der Waals surface area contributed by atoms with E-state index < -0.39 is 41.8 Å². The first kappa shape index (κ1) is 23.7. The molecular weight excluding hydrogens is 436 g/mol. The SMILES string of the molecule is CCC(=O)C(=O)N(Cc1ccccc1)[C@@H]1C=C(C(=O)NCCO)[C@@H]2c3ccccc3O[C@@H]2[C@H]1O. The molecule has 4 atom stereocenters. The summed E-state index contributed by atoms with van der Waals surface area (Å²) in [6.07, 6.45) is -0.406. The molecule has 0 aromatic heterocycles. The molecule has 0 radical (unpaired) electrons. The van der Waals surface area contributed by atoms with Gasteiger partial charge in [-0.25, -0.2) is 0 Å². The highest BCUT2D eigenvalue weighted by atomic mass is 16.5. The Balaban J connectivity index is 1.78. The van der Waals surface area contributed by atoms with Crippen LogP contribution in [0.5, 0.6) is 5.75 Å². The number of fused-ring (bicyclic) bond motifs is 3. The van der Waals surface area contributed by atoms with Crippen molar-refractivity contribution in [2.75, 3.05) is 13.2 Å². The second-order valence-corrected chi connectivity index (χ2v) is 8.38. The van der Waals surface area contributed by atoms with E-state index in [1.807, 2.05) is 42.5 Å². The van der Waals surface area contributed by atoms with Gasteiger partial charge in [-0.05, 0) is 17.7 Å². The fraction of sp³-hybridized carbons (Fsp3) is 0.346. The predicted octanol–water partition coefficient (Wildman–Crippen LogP) is 1.32. The molecule has 0 bridgehead atoms. The number of aliphatic hydroxyl groups is 2. The van der Waals surface area contributed by atoms with E-state index in [-0.39, 0.29) is 26.1 Å². The summed E-state index contributed by atoms with van der Waals surface area (Å²) in [5, 5.41) is 23.2. The molecular formula is C26H28N2O6. The number of benzene rings is 2. The molecule has 1 aliphatic heterocycles. The highest BCUT2D eigenvalue weighted by molar-refractivity contribution is 6.36. The van der Waals surface area contributed by atoms with Gasteiger partial charge < -0.3 is 25.2 Å². The fourth-order valence-electron chi connectivity index (χ4n) is 4.60. The molecule has 34 heavy (non-hydrogen) atoms. The van der Waals surface area contributed by atoms with E-state index >= 15 is 0 Å². The number of aliphatic hydroxyl groups excluding tert-OH is 2. The number of ether oxygens (including phenoxy) is 1. The number of nitrogens with one attached hydrogen (secondary N) is 1. The number of Topliss-reactive ketones (excluding diaryl/α,β-unsaturated/α-hetero) is 1. The zero-order valence-electron chi connectivity index (χ0n) is 18.9. The van der Waals surface area contributed by atoms with Crippen LogP contribution in [-0.4, -0.2) is 64.1 Å². The average Bonchev–Trinajstić information content (AvgIpc) is 3.26. The Bertz CT molecular complexity index is 1100. The Morgan fingerprint density at radius 3 is 2.47 bits per heavy atom. The molecule has 1 aliphatic carbocycles. The summed E-state index contributed by atoms with van der Waals surface area (Å²) in [5.74, 6) is -1.72. The number of carbonyl (C=O) groups excluding carboxylic acids is 3. The molecule has 0 saturated heterocycles. The lowest BCUT2D eigenvalue weighted by Crippen LogP contribution is -2.56. The monoisotopic (exact) mass is 464 g/mol. The first-order valence-electron chi connectivity index (χ1n) is 11.4. The zero-order valence-corrected chi connectivity index (χ0v) is 18.9. The molecule has 2 aromatic carbocycles. The standard InChI is InChI=1S/C26H28N2O6/c1-2-20(30)26(33)28(15-16-8-4-3-5-9-16)19-14-18(25(32)27-12-13-29)22-17-10-6-7-11-21(17)34-24(22)23(19)31/h3-11,14,19,22-24,29,31H,2,12-13,15H2,1H3,(H,27,32)/t19-,22+,23+,24+/m1/s1. The third kappa shape index (κ3) is 4.47. The number of nitrogens with zero attached hydrogens (tertiary/aromatic N) is 1. The second-order valence-electron chi connectivity index (χ2n) is 8.38. The highest BCUT2D eigenvalue weighted by Crippen LogP contribution is 2.47. The van der Waals surface area contributed by atoms with Gasteiger partial charge in [-0.2, -0.15) is 0 Å². The maximum Gasteiger partial charge on any atom is 0.290 e. The van der Waals surface area contributed by atoms with Crippen molar-refractivity contribution >= 4 is 17.6 Å². The van der Waals surface area contributed by atoms with Gasteiger partial charge in [0.15, 0.2) is 0 Å². The minimum absolute atomic E-state index is 0.0223. The molecule has 1 heterocycles. The minimum Gasteiger partial charge on any atom is -0.486 e. The van der Waals surface area contributed by atoms with E-state index in [0.717, 1.165) is 11.1 Å². The topological polar surface area (TPSA) is 116 Å². The quantitative estimate of drug-likeness (QED) is 0.508. The van der Waals surface area contributed by atoms with Crippen molar-refractivity contribution in [3.63, 3.8) is 0 Å². The van der Waals surface area contributed by atoms with Crippen molar-refractivity contribution in [3.8, 4) is 5.75 Å². The average molecular weight is 465 g/mol. The van der Waals surface area contributed by atoms with Crippen LogP contribution in [0.4, 0.5) is 0 Å². The van der Waals surface area contributed by atoms with E-state index in [2.05, 4.69) is 5.32 Å². The number of carbonyl (C=O) groups is 3. The van der Waals surface area contributed by atoms with Crippen molar-refractivity contribution in [2.24, 2.45) is 0 Å². The van der Waals surface area contributed by atoms with Gasteiger partial charge in [0.1, 0.15) is 18.0 Å². The van der Waals surface area contributed by atoms with Gasteiger partial charge >= 0.3 is 0 Å². The fourth-order valence-corrected chi connectivity index (χ4v) is 4.60. The first-order valence-corrected chi connectivity index (χ1v) is 11.4. The number of hydrogen-bond acceptors (Lipinski definition) is 6. The summed E-state index contributed by atoms with van der Waals surface area (Å²) in [6, 6.07) is 15.4. The lowest BCUT2D eigenvalue weighted by molar-refractivity contribution is -0.148. The van der Waals surface area contributed by atoms with E-state index in [0.29, 0.717) is 11.3 Å². The van der Waals surface area contributed by atoms with Crippen LogP contribution in [0, 0.1) is 0 Å². The number of hydrogen-bond donors (Lipinski definition) is 3. The summed E-state index contributed by atoms with van der Waals surface area (Å²) in [7, 11) is 0. The molecule has 178 valence electrons. The molecule has 0 fully saturated rings. The molecule has 2 aromatic rings. The maximum atomic E-state index is 13.1. The van der Waals surface area contributed by atoms with Gasteiger partial charge in [0.25, 0.3) is 5.91 Å². The van der Waals surface area contributed by atoms with E-state index in [9.17, 15) is 24.6 Å². The number of para-hydroxylation sites is 1. The molecule has 3 N–H and O–H groups in total. The van der Waals surface area contributed by atoms with E-state index in [1.54, 1.807) is 25.1 Å². The van der Waals surface area contributed by atoms with Crippen LogP contribution >= 0.6 is 0 Å². The summed E-state index contributed by atoms with van der Waals surface area (Å²) in [6.45, 7) is 1.52. The Kier molecular flexibility index (Phi) is 7.09. The Labute approximate surface area is 197 Å². The van der Waals surface area contributed by atoms with E-state index in [4.69, 9.17) is 4.74 Å². The van der Waals surface area contributed by atoms with Gasteiger partial charge in [0.2, 0.25) is 11.7 Å². The molecule has 2 amide bonds. The normalized spacial score (nSPS) is 22.6. The lowest BCUT2D eigenvalue weighted by Gasteiger charge is -2.40. The van der Waals surface area contributed by atoms with E-state index in [1.165, 1.54) is 4.90 Å². The highest BCUT2D eigenvalue weighted by Gasteiger charge is 2.50. The van der Waals surface area contributed by atoms with Crippen molar-refractivity contribution in [3.05, 3.63) is 77.4 Å². The minimum atomic E-state index is -1.18. The van der Waals surface area contributed by atoms with Gasteiger partial charge in [-0.1, -0.05) is 55.5 Å². The lowest BCUT2D eigenvalue weighted by atomic mass is 9.77. The smallest absolute Gasteiger partial charge is 0.290 e. The van der Waals surface area contributed by atoms with Crippen LogP contribution in [0.3, 0.4) is 0 Å². The maximum absolute atomic E-state index is 13.1. The number of rotatable bonds is 8. The Morgan fingerprint density at radius 2 is 1.76 bits per heavy atom. The molecule has 4 rings (SSSR count). The van der Waals surface area contributed by atoms with Crippen LogP contribution in [0.25, 0.3) is 0 Å². The first-order chi connectivity index (χ1) is 16.5. The van der Waals surface area contributed by atoms with Gasteiger partial charge in [0, 0.05) is 30.6 Å². The van der Waals surface area contributed by atoms with Crippen molar-refractivity contribution < 1.29 is 29.3 Å². The van der Waals surface area contributed by atoms with Gasteiger partial charge in [-0.3, -0.25) is 14.4 Å². The van der Waals surface area contributed by atoms with Crippen LogP contribution in [0.15, 0.2) is 66.2 Å². The zero-order chi connectivity index (χ0) is 24.2.